The molecule has 0 amide bonds. The molecule has 0 spiro atoms. The van der Waals surface area contributed by atoms with E-state index in [1.165, 1.54) is 18.2 Å². The van der Waals surface area contributed by atoms with Crippen molar-refractivity contribution in [2.45, 2.75) is 83.3 Å². The summed E-state index contributed by atoms with van der Waals surface area (Å²) in [7, 11) is 0. The molecule has 0 bridgehead atoms. The van der Waals surface area contributed by atoms with Crippen molar-refractivity contribution in [2.24, 2.45) is 0 Å². The van der Waals surface area contributed by atoms with Gasteiger partial charge in [0.15, 0.2) is 0 Å². The highest BCUT2D eigenvalue weighted by Crippen LogP contribution is 2.39. The number of rotatable bonds is 12. The smallest absolute Gasteiger partial charge is 0.429 e. The first-order valence-electron chi connectivity index (χ1n) is 16.1. The monoisotopic (exact) mass is 658 g/mol. The Bertz CT molecular complexity index is 1670. The van der Waals surface area contributed by atoms with E-state index in [0.717, 1.165) is 81.0 Å². The molecule has 0 atom stereocenters. The fraction of sp³-hybridized carbons (Fsp3) is 0.368. The summed E-state index contributed by atoms with van der Waals surface area (Å²) in [5.41, 5.74) is -0.592. The molecule has 1 aliphatic carbocycles. The van der Waals surface area contributed by atoms with Gasteiger partial charge in [-0.3, -0.25) is 0 Å². The van der Waals surface area contributed by atoms with E-state index in [0.29, 0.717) is 24.7 Å². The number of benzene rings is 4. The van der Waals surface area contributed by atoms with E-state index in [1.54, 1.807) is 6.92 Å². The molecule has 250 valence electrons. The van der Waals surface area contributed by atoms with Gasteiger partial charge in [0.1, 0.15) is 34.8 Å². The fourth-order valence-corrected chi connectivity index (χ4v) is 6.14. The number of alkyl halides is 2. The second kappa shape index (κ2) is 14.9. The summed E-state index contributed by atoms with van der Waals surface area (Å²) in [5, 5.41) is 0. The largest absolute Gasteiger partial charge is 0.429 e. The quantitative estimate of drug-likeness (QED) is 0.111. The first kappa shape index (κ1) is 34.5. The van der Waals surface area contributed by atoms with E-state index >= 15 is 22.0 Å². The summed E-state index contributed by atoms with van der Waals surface area (Å²) < 4.78 is 115. The molecule has 1 aliphatic rings. The van der Waals surface area contributed by atoms with Crippen LogP contribution in [0.2, 0.25) is 0 Å². The van der Waals surface area contributed by atoms with Gasteiger partial charge in [-0.2, -0.15) is 8.78 Å². The second-order valence-electron chi connectivity index (χ2n) is 12.1. The van der Waals surface area contributed by atoms with Gasteiger partial charge in [0.2, 0.25) is 0 Å². The maximum absolute atomic E-state index is 15.1. The molecule has 0 unspecified atom stereocenters. The average molecular weight is 659 g/mol. The summed E-state index contributed by atoms with van der Waals surface area (Å²) >= 11 is 0. The van der Waals surface area contributed by atoms with Crippen LogP contribution in [0.25, 0.3) is 22.3 Å². The Morgan fingerprint density at radius 2 is 1.30 bits per heavy atom. The molecule has 0 aliphatic heterocycles. The van der Waals surface area contributed by atoms with Crippen molar-refractivity contribution in [1.29, 1.82) is 0 Å². The Morgan fingerprint density at radius 1 is 0.660 bits per heavy atom. The molecular weight excluding hydrogens is 621 g/mol. The van der Waals surface area contributed by atoms with Crippen molar-refractivity contribution in [3.63, 3.8) is 0 Å². The molecule has 0 heterocycles. The van der Waals surface area contributed by atoms with Crippen molar-refractivity contribution >= 4 is 0 Å². The predicted molar refractivity (Wildman–Crippen MR) is 168 cm³/mol. The molecule has 9 heteroatoms. The topological polar surface area (TPSA) is 18.5 Å². The van der Waals surface area contributed by atoms with Crippen LogP contribution in [0.4, 0.5) is 30.7 Å². The standard InChI is InChI=1S/C38H37F7O2/c1-3-5-17-46-27-11-7-23(8-12-27)24-10-16-32(37(43)18-24)38(44,45)47-28-13-15-29(36(42)22-28)25-9-14-30(33(39)19-25)26-20-34(40)31(6-4-2)35(41)21-26/h9-10,13-16,18-23,27H,3-8,11-12,17H2,1-2H3. The number of ether oxygens (including phenoxy) is 2. The molecule has 0 radical (unpaired) electrons. The third-order valence-electron chi connectivity index (χ3n) is 8.72. The third kappa shape index (κ3) is 8.00. The van der Waals surface area contributed by atoms with Crippen LogP contribution in [0.3, 0.4) is 0 Å². The van der Waals surface area contributed by atoms with Gasteiger partial charge in [-0.1, -0.05) is 44.9 Å². The zero-order chi connectivity index (χ0) is 33.7. The first-order chi connectivity index (χ1) is 22.5. The van der Waals surface area contributed by atoms with E-state index in [-0.39, 0.29) is 46.3 Å². The summed E-state index contributed by atoms with van der Waals surface area (Å²) in [4.78, 5) is 0. The minimum Gasteiger partial charge on any atom is -0.429 e. The van der Waals surface area contributed by atoms with Gasteiger partial charge in [0.05, 0.1) is 11.7 Å². The molecule has 1 saturated carbocycles. The van der Waals surface area contributed by atoms with Crippen LogP contribution in [0.15, 0.2) is 66.7 Å². The summed E-state index contributed by atoms with van der Waals surface area (Å²) in [6.07, 6.45) is 2.01. The SMILES string of the molecule is CCCCOC1CCC(c2ccc(C(F)(F)Oc3ccc(-c4ccc(-c5cc(F)c(CCC)c(F)c5)c(F)c4)c(F)c3)c(F)c2)CC1. The lowest BCUT2D eigenvalue weighted by molar-refractivity contribution is -0.187. The van der Waals surface area contributed by atoms with Crippen molar-refractivity contribution in [1.82, 2.24) is 0 Å². The predicted octanol–water partition coefficient (Wildman–Crippen LogP) is 11.6. The molecule has 5 rings (SSSR count). The molecule has 1 fully saturated rings. The fourth-order valence-electron chi connectivity index (χ4n) is 6.14. The summed E-state index contributed by atoms with van der Waals surface area (Å²) in [6, 6.07) is 12.2. The molecule has 0 aromatic heterocycles. The van der Waals surface area contributed by atoms with Crippen LogP contribution in [-0.2, 0) is 17.3 Å². The Labute approximate surface area is 270 Å². The average Bonchev–Trinajstić information content (AvgIpc) is 3.03. The normalized spacial score (nSPS) is 16.8. The second-order valence-corrected chi connectivity index (χ2v) is 12.1. The maximum atomic E-state index is 15.1. The number of halogens is 7. The molecule has 2 nitrogen and oxygen atoms in total. The van der Waals surface area contributed by atoms with Crippen LogP contribution in [0.5, 0.6) is 5.75 Å². The number of hydrogen-bond acceptors (Lipinski definition) is 2. The highest BCUT2D eigenvalue weighted by molar-refractivity contribution is 5.72. The van der Waals surface area contributed by atoms with Crippen molar-refractivity contribution in [3.8, 4) is 28.0 Å². The molecular formula is C38H37F7O2. The molecule has 4 aromatic carbocycles. The number of hydrogen-bond donors (Lipinski definition) is 0. The maximum Gasteiger partial charge on any atom is 0.429 e. The van der Waals surface area contributed by atoms with Gasteiger partial charge < -0.3 is 9.47 Å². The van der Waals surface area contributed by atoms with Gasteiger partial charge in [-0.15, -0.1) is 0 Å². The molecule has 0 saturated heterocycles. The lowest BCUT2D eigenvalue weighted by Gasteiger charge is -2.29. The van der Waals surface area contributed by atoms with Crippen LogP contribution < -0.4 is 4.74 Å². The van der Waals surface area contributed by atoms with Crippen molar-refractivity contribution in [3.05, 3.63) is 113 Å². The third-order valence-corrected chi connectivity index (χ3v) is 8.72. The Morgan fingerprint density at radius 3 is 1.91 bits per heavy atom. The molecule has 0 N–H and O–H groups in total. The van der Waals surface area contributed by atoms with E-state index in [9.17, 15) is 8.78 Å². The van der Waals surface area contributed by atoms with Gasteiger partial charge in [-0.25, -0.2) is 22.0 Å². The van der Waals surface area contributed by atoms with E-state index in [4.69, 9.17) is 9.47 Å². The molecule has 47 heavy (non-hydrogen) atoms. The zero-order valence-corrected chi connectivity index (χ0v) is 26.3. The Kier molecular flexibility index (Phi) is 11.0. The van der Waals surface area contributed by atoms with E-state index in [1.807, 2.05) is 0 Å². The van der Waals surface area contributed by atoms with Gasteiger partial charge in [-0.05, 0) is 104 Å². The Balaban J connectivity index is 1.27. The molecule has 4 aromatic rings. The first-order valence-corrected chi connectivity index (χ1v) is 16.1. The Hall–Kier alpha value is -3.85. The van der Waals surface area contributed by atoms with Gasteiger partial charge in [0.25, 0.3) is 0 Å². The van der Waals surface area contributed by atoms with Gasteiger partial charge >= 0.3 is 6.11 Å². The summed E-state index contributed by atoms with van der Waals surface area (Å²) in [5.74, 6) is -5.07. The highest BCUT2D eigenvalue weighted by atomic mass is 19.3. The summed E-state index contributed by atoms with van der Waals surface area (Å²) in [6.45, 7) is 4.59. The van der Waals surface area contributed by atoms with Crippen molar-refractivity contribution in [2.75, 3.05) is 6.61 Å². The zero-order valence-electron chi connectivity index (χ0n) is 26.3. The van der Waals surface area contributed by atoms with Crippen LogP contribution >= 0.6 is 0 Å². The lowest BCUT2D eigenvalue weighted by Crippen LogP contribution is -2.24. The van der Waals surface area contributed by atoms with Crippen LogP contribution in [0.1, 0.15) is 81.4 Å². The van der Waals surface area contributed by atoms with Crippen molar-refractivity contribution < 1.29 is 40.2 Å². The lowest BCUT2D eigenvalue weighted by atomic mass is 9.82. The minimum absolute atomic E-state index is 0.0181. The minimum atomic E-state index is -4.10. The van der Waals surface area contributed by atoms with Gasteiger partial charge in [0, 0.05) is 29.4 Å². The van der Waals surface area contributed by atoms with Crippen LogP contribution in [-0.4, -0.2) is 12.7 Å². The number of unbranched alkanes of at least 4 members (excludes halogenated alkanes) is 1. The van der Waals surface area contributed by atoms with Crippen LogP contribution in [0, 0.1) is 29.1 Å². The van der Waals surface area contributed by atoms with E-state index < -0.39 is 46.5 Å². The highest BCUT2D eigenvalue weighted by Gasteiger charge is 2.38. The van der Waals surface area contributed by atoms with E-state index in [2.05, 4.69) is 6.92 Å².